The summed E-state index contributed by atoms with van der Waals surface area (Å²) in [6.45, 7) is 3.16. The number of hydrogen-bond acceptors (Lipinski definition) is 2. The van der Waals surface area contributed by atoms with Gasteiger partial charge in [-0.2, -0.15) is 0 Å². The third-order valence-corrected chi connectivity index (χ3v) is 4.97. The molecule has 1 N–H and O–H groups in total. The maximum Gasteiger partial charge on any atom is 0.134 e. The summed E-state index contributed by atoms with van der Waals surface area (Å²) >= 11 is 0. The molecule has 0 radical (unpaired) electrons. The van der Waals surface area contributed by atoms with Crippen molar-refractivity contribution in [3.8, 4) is 0 Å². The van der Waals surface area contributed by atoms with Gasteiger partial charge in [0.05, 0.1) is 6.54 Å². The number of benzene rings is 1. The van der Waals surface area contributed by atoms with E-state index in [1.54, 1.807) is 5.56 Å². The second-order valence-electron chi connectivity index (χ2n) is 6.73. The Labute approximate surface area is 126 Å². The van der Waals surface area contributed by atoms with Gasteiger partial charge in [0.2, 0.25) is 0 Å². The Kier molecular flexibility index (Phi) is 3.50. The zero-order valence-corrected chi connectivity index (χ0v) is 13.0. The van der Waals surface area contributed by atoms with Gasteiger partial charge in [0.1, 0.15) is 11.3 Å². The lowest BCUT2D eigenvalue weighted by Crippen LogP contribution is -2.15. The van der Waals surface area contributed by atoms with Gasteiger partial charge in [-0.1, -0.05) is 13.3 Å². The van der Waals surface area contributed by atoms with E-state index in [0.29, 0.717) is 0 Å². The number of nitrogens with one attached hydrogen (secondary N) is 1. The summed E-state index contributed by atoms with van der Waals surface area (Å²) < 4.78 is 6.23. The first-order chi connectivity index (χ1) is 10.3. The monoisotopic (exact) mass is 283 g/mol. The van der Waals surface area contributed by atoms with E-state index in [-0.39, 0.29) is 0 Å². The lowest BCUT2D eigenvalue weighted by atomic mass is 9.90. The second-order valence-corrected chi connectivity index (χ2v) is 6.73. The Balaban J connectivity index is 1.74. The number of rotatable bonds is 5. The summed E-state index contributed by atoms with van der Waals surface area (Å²) in [6.07, 6.45) is 10.1. The van der Waals surface area contributed by atoms with Crippen molar-refractivity contribution < 1.29 is 4.42 Å². The van der Waals surface area contributed by atoms with Gasteiger partial charge in [-0.25, -0.2) is 0 Å². The van der Waals surface area contributed by atoms with E-state index in [9.17, 15) is 0 Å². The van der Waals surface area contributed by atoms with Crippen LogP contribution in [0.3, 0.4) is 0 Å². The molecule has 2 heteroatoms. The molecule has 1 aromatic carbocycles. The molecule has 2 aliphatic rings. The SMILES string of the molecule is CCCc1c(CNC2CC2)oc2cc3c(cc12)CCCC3. The van der Waals surface area contributed by atoms with Gasteiger partial charge in [-0.3, -0.25) is 0 Å². The van der Waals surface area contributed by atoms with Gasteiger partial charge in [0, 0.05) is 17.0 Å². The molecule has 0 bridgehead atoms. The highest BCUT2D eigenvalue weighted by Crippen LogP contribution is 2.33. The molecule has 21 heavy (non-hydrogen) atoms. The molecule has 4 rings (SSSR count). The van der Waals surface area contributed by atoms with Crippen molar-refractivity contribution in [3.05, 3.63) is 34.6 Å². The smallest absolute Gasteiger partial charge is 0.134 e. The zero-order valence-electron chi connectivity index (χ0n) is 13.0. The van der Waals surface area contributed by atoms with Crippen LogP contribution in [0.15, 0.2) is 16.5 Å². The zero-order chi connectivity index (χ0) is 14.2. The third-order valence-electron chi connectivity index (χ3n) is 4.97. The van der Waals surface area contributed by atoms with Gasteiger partial charge in [0.25, 0.3) is 0 Å². The van der Waals surface area contributed by atoms with Crippen LogP contribution in [0.2, 0.25) is 0 Å². The molecular weight excluding hydrogens is 258 g/mol. The largest absolute Gasteiger partial charge is 0.459 e. The average Bonchev–Trinajstić information content (AvgIpc) is 3.28. The maximum absolute atomic E-state index is 6.23. The molecule has 2 aromatic rings. The first-order valence-electron chi connectivity index (χ1n) is 8.64. The van der Waals surface area contributed by atoms with Gasteiger partial charge < -0.3 is 9.73 Å². The minimum absolute atomic E-state index is 0.737. The molecule has 0 unspecified atom stereocenters. The molecule has 0 amide bonds. The number of hydrogen-bond donors (Lipinski definition) is 1. The van der Waals surface area contributed by atoms with Crippen LogP contribution < -0.4 is 5.32 Å². The highest BCUT2D eigenvalue weighted by molar-refractivity contribution is 5.84. The van der Waals surface area contributed by atoms with Gasteiger partial charge >= 0.3 is 0 Å². The Bertz CT molecular complexity index is 651. The highest BCUT2D eigenvalue weighted by Gasteiger charge is 2.23. The number of furan rings is 1. The van der Waals surface area contributed by atoms with Crippen LogP contribution in [0.1, 0.15) is 61.5 Å². The van der Waals surface area contributed by atoms with Crippen molar-refractivity contribution in [2.45, 2.75) is 70.9 Å². The summed E-state index contributed by atoms with van der Waals surface area (Å²) in [6, 6.07) is 5.49. The highest BCUT2D eigenvalue weighted by atomic mass is 16.3. The van der Waals surface area contributed by atoms with Crippen LogP contribution in [-0.4, -0.2) is 6.04 Å². The molecule has 2 nitrogen and oxygen atoms in total. The lowest BCUT2D eigenvalue weighted by molar-refractivity contribution is 0.505. The van der Waals surface area contributed by atoms with Gasteiger partial charge in [-0.15, -0.1) is 0 Å². The molecule has 1 heterocycles. The second kappa shape index (κ2) is 5.49. The standard InChI is InChI=1S/C19H25NO/c1-2-5-16-17-10-13-6-3-4-7-14(13)11-18(17)21-19(16)12-20-15-8-9-15/h10-11,15,20H,2-9,12H2,1H3. The number of aryl methyl sites for hydroxylation is 3. The summed E-state index contributed by atoms with van der Waals surface area (Å²) in [4.78, 5) is 0. The van der Waals surface area contributed by atoms with E-state index in [1.165, 1.54) is 67.2 Å². The molecule has 1 saturated carbocycles. The fourth-order valence-corrected chi connectivity index (χ4v) is 3.62. The molecular formula is C19H25NO. The summed E-state index contributed by atoms with van der Waals surface area (Å²) in [5, 5.41) is 4.99. The van der Waals surface area contributed by atoms with Crippen molar-refractivity contribution in [2.24, 2.45) is 0 Å². The molecule has 2 aliphatic carbocycles. The topological polar surface area (TPSA) is 25.2 Å². The Morgan fingerprint density at radius 3 is 2.62 bits per heavy atom. The fourth-order valence-electron chi connectivity index (χ4n) is 3.62. The van der Waals surface area contributed by atoms with Crippen molar-refractivity contribution in [1.29, 1.82) is 0 Å². The van der Waals surface area contributed by atoms with Gasteiger partial charge in [-0.05, 0) is 68.2 Å². The van der Waals surface area contributed by atoms with Crippen molar-refractivity contribution in [2.75, 3.05) is 0 Å². The van der Waals surface area contributed by atoms with Crippen molar-refractivity contribution >= 4 is 11.0 Å². The van der Waals surface area contributed by atoms with E-state index < -0.39 is 0 Å². The Hall–Kier alpha value is -1.28. The fraction of sp³-hybridized carbons (Fsp3) is 0.579. The normalized spacial score (nSPS) is 18.1. The van der Waals surface area contributed by atoms with Crippen LogP contribution >= 0.6 is 0 Å². The van der Waals surface area contributed by atoms with Crippen LogP contribution in [0.25, 0.3) is 11.0 Å². The van der Waals surface area contributed by atoms with E-state index in [4.69, 9.17) is 4.42 Å². The minimum atomic E-state index is 0.737. The first kappa shape index (κ1) is 13.4. The van der Waals surface area contributed by atoms with Crippen LogP contribution in [0, 0.1) is 0 Å². The maximum atomic E-state index is 6.23. The molecule has 112 valence electrons. The molecule has 0 aliphatic heterocycles. The van der Waals surface area contributed by atoms with E-state index >= 15 is 0 Å². The summed E-state index contributed by atoms with van der Waals surface area (Å²) in [5.74, 6) is 1.18. The summed E-state index contributed by atoms with van der Waals surface area (Å²) in [5.41, 5.74) is 5.65. The predicted molar refractivity (Wildman–Crippen MR) is 86.7 cm³/mol. The quantitative estimate of drug-likeness (QED) is 0.873. The molecule has 0 spiro atoms. The molecule has 0 saturated heterocycles. The van der Waals surface area contributed by atoms with E-state index in [0.717, 1.165) is 24.6 Å². The van der Waals surface area contributed by atoms with Crippen molar-refractivity contribution in [3.63, 3.8) is 0 Å². The molecule has 1 aromatic heterocycles. The van der Waals surface area contributed by atoms with E-state index in [1.807, 2.05) is 0 Å². The first-order valence-corrected chi connectivity index (χ1v) is 8.64. The van der Waals surface area contributed by atoms with Crippen LogP contribution in [-0.2, 0) is 25.8 Å². The molecule has 0 atom stereocenters. The Morgan fingerprint density at radius 2 is 1.90 bits per heavy atom. The van der Waals surface area contributed by atoms with Gasteiger partial charge in [0.15, 0.2) is 0 Å². The Morgan fingerprint density at radius 1 is 1.14 bits per heavy atom. The van der Waals surface area contributed by atoms with Crippen molar-refractivity contribution in [1.82, 2.24) is 5.32 Å². The molecule has 1 fully saturated rings. The van der Waals surface area contributed by atoms with E-state index in [2.05, 4.69) is 24.4 Å². The third kappa shape index (κ3) is 2.62. The number of fused-ring (bicyclic) bond motifs is 2. The predicted octanol–water partition coefficient (Wildman–Crippen LogP) is 4.52. The summed E-state index contributed by atoms with van der Waals surface area (Å²) in [7, 11) is 0. The van der Waals surface area contributed by atoms with Crippen LogP contribution in [0.5, 0.6) is 0 Å². The minimum Gasteiger partial charge on any atom is -0.459 e. The average molecular weight is 283 g/mol. The lowest BCUT2D eigenvalue weighted by Gasteiger charge is -2.15. The van der Waals surface area contributed by atoms with Crippen LogP contribution in [0.4, 0.5) is 0 Å².